The first-order valence-corrected chi connectivity index (χ1v) is 7.40. The smallest absolute Gasteiger partial charge is 0.307 e. The molecule has 1 amide bonds. The second-order valence-corrected chi connectivity index (χ2v) is 5.38. The van der Waals surface area contributed by atoms with Crippen LogP contribution in [0.15, 0.2) is 36.4 Å². The van der Waals surface area contributed by atoms with Crippen molar-refractivity contribution in [3.05, 3.63) is 42.0 Å². The molecule has 0 saturated carbocycles. The van der Waals surface area contributed by atoms with Crippen molar-refractivity contribution in [2.45, 2.75) is 19.3 Å². The Balaban J connectivity index is 1.83. The maximum atomic E-state index is 12.2. The Hall–Kier alpha value is -2.30. The van der Waals surface area contributed by atoms with E-state index in [0.29, 0.717) is 25.8 Å². The number of nitrogens with one attached hydrogen (secondary N) is 1. The number of hydrogen-bond acceptors (Lipinski definition) is 3. The van der Waals surface area contributed by atoms with Gasteiger partial charge in [-0.25, -0.2) is 0 Å². The molecule has 1 aromatic rings. The molecule has 0 aliphatic heterocycles. The van der Waals surface area contributed by atoms with E-state index < -0.39 is 17.8 Å². The Morgan fingerprint density at radius 3 is 2.41 bits per heavy atom. The first-order valence-electron chi connectivity index (χ1n) is 7.40. The van der Waals surface area contributed by atoms with Gasteiger partial charge in [-0.05, 0) is 37.0 Å². The summed E-state index contributed by atoms with van der Waals surface area (Å²) in [5, 5.41) is 12.0. The van der Waals surface area contributed by atoms with Crippen LogP contribution in [0.25, 0.3) is 0 Å². The van der Waals surface area contributed by atoms with Gasteiger partial charge in [-0.1, -0.05) is 24.3 Å². The average Bonchev–Trinajstić information content (AvgIpc) is 2.55. The summed E-state index contributed by atoms with van der Waals surface area (Å²) in [4.78, 5) is 23.4. The van der Waals surface area contributed by atoms with E-state index in [9.17, 15) is 14.7 Å². The Kier molecular flexibility index (Phi) is 5.58. The van der Waals surface area contributed by atoms with Crippen LogP contribution in [0.1, 0.15) is 18.4 Å². The first kappa shape index (κ1) is 16.1. The van der Waals surface area contributed by atoms with Crippen LogP contribution in [0.4, 0.5) is 0 Å². The molecule has 5 nitrogen and oxygen atoms in total. The number of benzene rings is 1. The Bertz CT molecular complexity index is 550. The van der Waals surface area contributed by atoms with Crippen molar-refractivity contribution in [3.8, 4) is 5.75 Å². The summed E-state index contributed by atoms with van der Waals surface area (Å²) >= 11 is 0. The van der Waals surface area contributed by atoms with Gasteiger partial charge in [0.2, 0.25) is 5.91 Å². The minimum absolute atomic E-state index is 0.176. The van der Waals surface area contributed by atoms with Gasteiger partial charge in [-0.3, -0.25) is 9.59 Å². The molecule has 0 unspecified atom stereocenters. The number of carbonyl (C=O) groups is 2. The fourth-order valence-corrected chi connectivity index (χ4v) is 2.63. The maximum Gasteiger partial charge on any atom is 0.307 e. The summed E-state index contributed by atoms with van der Waals surface area (Å²) in [5.41, 5.74) is 1.10. The summed E-state index contributed by atoms with van der Waals surface area (Å²) < 4.78 is 5.09. The molecule has 0 saturated heterocycles. The predicted molar refractivity (Wildman–Crippen MR) is 82.7 cm³/mol. The summed E-state index contributed by atoms with van der Waals surface area (Å²) in [6, 6.07) is 7.66. The number of methoxy groups -OCH3 is 1. The van der Waals surface area contributed by atoms with Crippen molar-refractivity contribution in [3.63, 3.8) is 0 Å². The number of hydrogen-bond donors (Lipinski definition) is 2. The molecule has 5 heteroatoms. The van der Waals surface area contributed by atoms with E-state index in [2.05, 4.69) is 5.32 Å². The number of carboxylic acid groups (broad SMARTS) is 1. The van der Waals surface area contributed by atoms with Crippen LogP contribution in [0.2, 0.25) is 0 Å². The predicted octanol–water partition coefficient (Wildman–Crippen LogP) is 2.02. The van der Waals surface area contributed by atoms with Gasteiger partial charge in [0.25, 0.3) is 0 Å². The highest BCUT2D eigenvalue weighted by Crippen LogP contribution is 2.26. The van der Waals surface area contributed by atoms with E-state index in [1.165, 1.54) is 0 Å². The lowest BCUT2D eigenvalue weighted by Crippen LogP contribution is -2.39. The Morgan fingerprint density at radius 2 is 1.82 bits per heavy atom. The third kappa shape index (κ3) is 4.10. The molecule has 0 aromatic heterocycles. The average molecular weight is 303 g/mol. The van der Waals surface area contributed by atoms with Gasteiger partial charge < -0.3 is 15.2 Å². The highest BCUT2D eigenvalue weighted by atomic mass is 16.5. The van der Waals surface area contributed by atoms with Crippen molar-refractivity contribution in [1.29, 1.82) is 0 Å². The second kappa shape index (κ2) is 7.64. The van der Waals surface area contributed by atoms with Crippen LogP contribution in [-0.2, 0) is 16.0 Å². The molecule has 22 heavy (non-hydrogen) atoms. The molecule has 118 valence electrons. The standard InChI is InChI=1S/C17H21NO4/c1-22-13-8-6-12(7-9-13)10-11-18-16(19)14-4-2-3-5-15(14)17(20)21/h2-3,6-9,14-15H,4-5,10-11H2,1H3,(H,18,19)(H,20,21)/t14-,15+/m0/s1. The van der Waals surface area contributed by atoms with E-state index in [1.54, 1.807) is 7.11 Å². The number of allylic oxidation sites excluding steroid dienone is 2. The van der Waals surface area contributed by atoms with Crippen LogP contribution in [0, 0.1) is 11.8 Å². The first-order chi connectivity index (χ1) is 10.6. The number of carboxylic acids is 1. The van der Waals surface area contributed by atoms with Crippen LogP contribution in [0.3, 0.4) is 0 Å². The molecule has 0 heterocycles. The normalized spacial score (nSPS) is 20.4. The van der Waals surface area contributed by atoms with E-state index in [4.69, 9.17) is 4.74 Å². The molecule has 2 rings (SSSR count). The molecule has 2 N–H and O–H groups in total. The van der Waals surface area contributed by atoms with Gasteiger partial charge in [0.05, 0.1) is 18.9 Å². The third-order valence-corrected chi connectivity index (χ3v) is 3.96. The highest BCUT2D eigenvalue weighted by Gasteiger charge is 2.33. The zero-order chi connectivity index (χ0) is 15.9. The quantitative estimate of drug-likeness (QED) is 0.788. The molecule has 0 fully saturated rings. The topological polar surface area (TPSA) is 75.6 Å². The minimum atomic E-state index is -0.903. The Morgan fingerprint density at radius 1 is 1.18 bits per heavy atom. The van der Waals surface area contributed by atoms with Gasteiger partial charge in [-0.15, -0.1) is 0 Å². The van der Waals surface area contributed by atoms with E-state index >= 15 is 0 Å². The number of rotatable bonds is 6. The molecule has 2 atom stereocenters. The molecule has 1 aliphatic carbocycles. The fourth-order valence-electron chi connectivity index (χ4n) is 2.63. The number of aliphatic carboxylic acids is 1. The monoisotopic (exact) mass is 303 g/mol. The summed E-state index contributed by atoms with van der Waals surface area (Å²) in [7, 11) is 1.62. The fraction of sp³-hybridized carbons (Fsp3) is 0.412. The van der Waals surface area contributed by atoms with E-state index in [1.807, 2.05) is 36.4 Å². The Labute approximate surface area is 130 Å². The summed E-state index contributed by atoms with van der Waals surface area (Å²) in [6.45, 7) is 0.498. The second-order valence-electron chi connectivity index (χ2n) is 5.38. The van der Waals surface area contributed by atoms with E-state index in [-0.39, 0.29) is 5.91 Å². The maximum absolute atomic E-state index is 12.2. The van der Waals surface area contributed by atoms with Crippen molar-refractivity contribution in [2.75, 3.05) is 13.7 Å². The molecule has 0 radical (unpaired) electrons. The lowest BCUT2D eigenvalue weighted by Gasteiger charge is -2.24. The summed E-state index contributed by atoms with van der Waals surface area (Å²) in [6.07, 6.45) is 5.33. The number of carbonyl (C=O) groups excluding carboxylic acids is 1. The molecular formula is C17H21NO4. The lowest BCUT2D eigenvalue weighted by atomic mass is 9.82. The van der Waals surface area contributed by atoms with Crippen LogP contribution in [-0.4, -0.2) is 30.6 Å². The van der Waals surface area contributed by atoms with E-state index in [0.717, 1.165) is 11.3 Å². The largest absolute Gasteiger partial charge is 0.497 e. The van der Waals surface area contributed by atoms with Crippen molar-refractivity contribution in [1.82, 2.24) is 5.32 Å². The molecule has 1 aromatic carbocycles. The number of amides is 1. The van der Waals surface area contributed by atoms with Crippen molar-refractivity contribution in [2.24, 2.45) is 11.8 Å². The molecule has 1 aliphatic rings. The zero-order valence-electron chi connectivity index (χ0n) is 12.6. The SMILES string of the molecule is COc1ccc(CCNC(=O)[C@H]2CC=CC[C@H]2C(=O)O)cc1. The molecular weight excluding hydrogens is 282 g/mol. The van der Waals surface area contributed by atoms with Crippen LogP contribution < -0.4 is 10.1 Å². The van der Waals surface area contributed by atoms with Crippen molar-refractivity contribution >= 4 is 11.9 Å². The highest BCUT2D eigenvalue weighted by molar-refractivity contribution is 5.85. The molecule has 0 bridgehead atoms. The summed E-state index contributed by atoms with van der Waals surface area (Å²) in [5.74, 6) is -1.37. The molecule has 0 spiro atoms. The zero-order valence-corrected chi connectivity index (χ0v) is 12.6. The lowest BCUT2D eigenvalue weighted by molar-refractivity contribution is -0.147. The van der Waals surface area contributed by atoms with Gasteiger partial charge in [0.1, 0.15) is 5.75 Å². The van der Waals surface area contributed by atoms with Gasteiger partial charge >= 0.3 is 5.97 Å². The van der Waals surface area contributed by atoms with Gasteiger partial charge in [0, 0.05) is 6.54 Å². The minimum Gasteiger partial charge on any atom is -0.497 e. The van der Waals surface area contributed by atoms with Crippen LogP contribution >= 0.6 is 0 Å². The van der Waals surface area contributed by atoms with Gasteiger partial charge in [0.15, 0.2) is 0 Å². The van der Waals surface area contributed by atoms with Gasteiger partial charge in [-0.2, -0.15) is 0 Å². The van der Waals surface area contributed by atoms with Crippen LogP contribution in [0.5, 0.6) is 5.75 Å². The van der Waals surface area contributed by atoms with Crippen molar-refractivity contribution < 1.29 is 19.4 Å². The third-order valence-electron chi connectivity index (χ3n) is 3.96. The number of ether oxygens (including phenoxy) is 1.